The Hall–Kier alpha value is -5.54. The standard InChI is InChI=1S/C51H41NS/c1-2-40-41(25-13-27-46(33-15-5-3-6-16-33)52-51(40)34-17-7-4-8-18-34)38-22-12-20-36(30-38)35-19-11-21-37(29-35)39-31-45-43-24-10-9-23-42(43)44-26-14-28-47-49(44)50(45)48(32-39)53-47/h3-12,14-26,28-32,40,46,51-52H,2,13,27H2,1H3/b41-25-. The Bertz CT molecular complexity index is 2760. The lowest BCUT2D eigenvalue weighted by Crippen LogP contribution is -2.33. The van der Waals surface area contributed by atoms with E-state index in [9.17, 15) is 0 Å². The van der Waals surface area contributed by atoms with Crippen LogP contribution in [0.1, 0.15) is 55.0 Å². The summed E-state index contributed by atoms with van der Waals surface area (Å²) in [7, 11) is 0. The Balaban J connectivity index is 1.05. The smallest absolute Gasteiger partial charge is 0.0394 e. The molecule has 2 heterocycles. The Morgan fingerprint density at radius 3 is 1.83 bits per heavy atom. The van der Waals surface area contributed by atoms with Crippen LogP contribution in [0.3, 0.4) is 0 Å². The third kappa shape index (κ3) is 5.65. The number of hydrogen-bond donors (Lipinski definition) is 1. The lowest BCUT2D eigenvalue weighted by Gasteiger charge is -2.36. The average Bonchev–Trinajstić information content (AvgIpc) is 3.60. The van der Waals surface area contributed by atoms with Gasteiger partial charge in [-0.05, 0) is 116 Å². The van der Waals surface area contributed by atoms with Gasteiger partial charge < -0.3 is 5.32 Å². The zero-order valence-electron chi connectivity index (χ0n) is 29.9. The highest BCUT2D eigenvalue weighted by molar-refractivity contribution is 7.26. The third-order valence-corrected chi connectivity index (χ3v) is 12.7. The summed E-state index contributed by atoms with van der Waals surface area (Å²) in [4.78, 5) is 0. The molecule has 0 bridgehead atoms. The molecule has 1 nitrogen and oxygen atoms in total. The molecule has 0 saturated heterocycles. The summed E-state index contributed by atoms with van der Waals surface area (Å²) in [6, 6.07) is 61.6. The van der Waals surface area contributed by atoms with Crippen molar-refractivity contribution >= 4 is 58.6 Å². The minimum absolute atomic E-state index is 0.205. The van der Waals surface area contributed by atoms with Crippen molar-refractivity contribution in [2.24, 2.45) is 5.92 Å². The van der Waals surface area contributed by atoms with Crippen molar-refractivity contribution in [3.05, 3.63) is 187 Å². The van der Waals surface area contributed by atoms with Gasteiger partial charge in [-0.25, -0.2) is 0 Å². The van der Waals surface area contributed by atoms with Gasteiger partial charge in [-0.15, -0.1) is 11.3 Å². The zero-order valence-corrected chi connectivity index (χ0v) is 30.7. The second-order valence-electron chi connectivity index (χ2n) is 14.7. The average molecular weight is 700 g/mol. The quantitative estimate of drug-likeness (QED) is 0.170. The lowest BCUT2D eigenvalue weighted by atomic mass is 9.78. The number of fused-ring (bicyclic) bond motifs is 3. The summed E-state index contributed by atoms with van der Waals surface area (Å²) in [5, 5.41) is 12.4. The maximum absolute atomic E-state index is 4.16. The lowest BCUT2D eigenvalue weighted by molar-refractivity contribution is 0.352. The largest absolute Gasteiger partial charge is 0.303 e. The molecule has 1 N–H and O–H groups in total. The van der Waals surface area contributed by atoms with E-state index in [-0.39, 0.29) is 6.04 Å². The van der Waals surface area contributed by atoms with Crippen LogP contribution in [-0.2, 0) is 0 Å². The van der Waals surface area contributed by atoms with Gasteiger partial charge in [0.25, 0.3) is 0 Å². The van der Waals surface area contributed by atoms with Crippen LogP contribution >= 0.6 is 11.3 Å². The highest BCUT2D eigenvalue weighted by atomic mass is 32.1. The molecule has 9 aromatic rings. The second-order valence-corrected chi connectivity index (χ2v) is 15.7. The van der Waals surface area contributed by atoms with Gasteiger partial charge in [0, 0.05) is 38.2 Å². The van der Waals surface area contributed by atoms with Gasteiger partial charge in [0.1, 0.15) is 0 Å². The highest BCUT2D eigenvalue weighted by Gasteiger charge is 2.30. The summed E-state index contributed by atoms with van der Waals surface area (Å²) in [5.74, 6) is 0.332. The van der Waals surface area contributed by atoms with Gasteiger partial charge in [-0.3, -0.25) is 0 Å². The zero-order chi connectivity index (χ0) is 35.3. The molecular formula is C51H41NS. The fourth-order valence-electron chi connectivity index (χ4n) is 9.14. The molecule has 1 aliphatic rings. The maximum atomic E-state index is 4.16. The molecule has 0 radical (unpaired) electrons. The molecule has 1 aromatic heterocycles. The first kappa shape index (κ1) is 32.1. The monoisotopic (exact) mass is 699 g/mol. The van der Waals surface area contributed by atoms with E-state index in [1.165, 1.54) is 86.2 Å². The van der Waals surface area contributed by atoms with E-state index in [1.54, 1.807) is 0 Å². The van der Waals surface area contributed by atoms with Crippen LogP contribution < -0.4 is 5.32 Å². The van der Waals surface area contributed by atoms with Gasteiger partial charge >= 0.3 is 0 Å². The number of hydrogen-bond acceptors (Lipinski definition) is 2. The van der Waals surface area contributed by atoms with E-state index >= 15 is 0 Å². The van der Waals surface area contributed by atoms with E-state index in [0.717, 1.165) is 19.3 Å². The molecule has 3 atom stereocenters. The molecule has 53 heavy (non-hydrogen) atoms. The van der Waals surface area contributed by atoms with Crippen LogP contribution in [-0.4, -0.2) is 0 Å². The molecule has 256 valence electrons. The molecule has 8 aromatic carbocycles. The van der Waals surface area contributed by atoms with Gasteiger partial charge in [0.05, 0.1) is 0 Å². The second kappa shape index (κ2) is 13.5. The molecule has 2 heteroatoms. The Morgan fingerprint density at radius 1 is 0.509 bits per heavy atom. The molecule has 1 aliphatic heterocycles. The van der Waals surface area contributed by atoms with E-state index in [0.29, 0.717) is 12.0 Å². The molecule has 0 spiro atoms. The van der Waals surface area contributed by atoms with Crippen molar-refractivity contribution in [3.63, 3.8) is 0 Å². The fourth-order valence-corrected chi connectivity index (χ4v) is 10.3. The molecular weight excluding hydrogens is 659 g/mol. The number of thiophene rings is 1. The number of nitrogens with one attached hydrogen (secondary N) is 1. The highest BCUT2D eigenvalue weighted by Crippen LogP contribution is 2.47. The molecule has 10 rings (SSSR count). The van der Waals surface area contributed by atoms with Gasteiger partial charge in [-0.1, -0.05) is 146 Å². The number of rotatable bonds is 6. The van der Waals surface area contributed by atoms with Crippen molar-refractivity contribution < 1.29 is 0 Å². The molecule has 0 amide bonds. The van der Waals surface area contributed by atoms with Crippen LogP contribution in [0.15, 0.2) is 170 Å². The molecule has 0 fully saturated rings. The van der Waals surface area contributed by atoms with E-state index in [1.807, 2.05) is 11.3 Å². The number of benzene rings is 8. The first-order chi connectivity index (χ1) is 26.2. The summed E-state index contributed by atoms with van der Waals surface area (Å²) in [6.07, 6.45) is 5.69. The molecule has 3 unspecified atom stereocenters. The van der Waals surface area contributed by atoms with Crippen LogP contribution in [0.2, 0.25) is 0 Å². The predicted molar refractivity (Wildman–Crippen MR) is 229 cm³/mol. The van der Waals surface area contributed by atoms with Crippen molar-refractivity contribution in [1.82, 2.24) is 5.32 Å². The van der Waals surface area contributed by atoms with Crippen LogP contribution in [0.4, 0.5) is 0 Å². The van der Waals surface area contributed by atoms with E-state index in [4.69, 9.17) is 0 Å². The van der Waals surface area contributed by atoms with Gasteiger partial charge in [-0.2, -0.15) is 0 Å². The van der Waals surface area contributed by atoms with Gasteiger partial charge in [0.15, 0.2) is 0 Å². The van der Waals surface area contributed by atoms with Crippen molar-refractivity contribution in [1.29, 1.82) is 0 Å². The minimum atomic E-state index is 0.205. The van der Waals surface area contributed by atoms with E-state index in [2.05, 4.69) is 182 Å². The Labute approximate surface area is 315 Å². The van der Waals surface area contributed by atoms with Crippen LogP contribution in [0.5, 0.6) is 0 Å². The van der Waals surface area contributed by atoms with E-state index < -0.39 is 0 Å². The SMILES string of the molecule is CCC1/C(c2cccc(-c3cccc(-c4cc5sc6cccc7c8ccccc8c(c4)c5c67)c3)c2)=C\CCC(c2ccccc2)NC1c1ccccc1. The number of allylic oxidation sites excluding steroid dienone is 1. The molecule has 0 saturated carbocycles. The predicted octanol–water partition coefficient (Wildman–Crippen LogP) is 14.4. The first-order valence-electron chi connectivity index (χ1n) is 19.1. The normalized spacial score (nSPS) is 19.0. The maximum Gasteiger partial charge on any atom is 0.0394 e. The van der Waals surface area contributed by atoms with Crippen molar-refractivity contribution in [3.8, 4) is 22.3 Å². The Morgan fingerprint density at radius 2 is 1.09 bits per heavy atom. The molecule has 0 aliphatic carbocycles. The van der Waals surface area contributed by atoms with Crippen LogP contribution in [0, 0.1) is 5.92 Å². The van der Waals surface area contributed by atoms with Crippen molar-refractivity contribution in [2.75, 3.05) is 0 Å². The topological polar surface area (TPSA) is 12.0 Å². The summed E-state index contributed by atoms with van der Waals surface area (Å²) in [5.41, 5.74) is 10.5. The summed E-state index contributed by atoms with van der Waals surface area (Å²) in [6.45, 7) is 2.35. The summed E-state index contributed by atoms with van der Waals surface area (Å²) >= 11 is 1.92. The summed E-state index contributed by atoms with van der Waals surface area (Å²) < 4.78 is 2.73. The minimum Gasteiger partial charge on any atom is -0.303 e. The van der Waals surface area contributed by atoms with Crippen LogP contribution in [0.25, 0.3) is 69.5 Å². The first-order valence-corrected chi connectivity index (χ1v) is 19.9. The van der Waals surface area contributed by atoms with Gasteiger partial charge in [0.2, 0.25) is 0 Å². The fraction of sp³-hybridized carbons (Fsp3) is 0.137. The van der Waals surface area contributed by atoms with Crippen molar-refractivity contribution in [2.45, 2.75) is 38.3 Å². The Kier molecular flexibility index (Phi) is 8.16. The third-order valence-electron chi connectivity index (χ3n) is 11.6.